The van der Waals surface area contributed by atoms with Crippen molar-refractivity contribution in [1.29, 1.82) is 0 Å². The molecule has 1 aromatic heterocycles. The summed E-state index contributed by atoms with van der Waals surface area (Å²) in [7, 11) is 0. The largest absolute Gasteiger partial charge is 0.355 e. The Labute approximate surface area is 149 Å². The van der Waals surface area contributed by atoms with Crippen LogP contribution in [0.2, 0.25) is 0 Å². The first kappa shape index (κ1) is 21.7. The van der Waals surface area contributed by atoms with E-state index < -0.39 is 0 Å². The van der Waals surface area contributed by atoms with Gasteiger partial charge >= 0.3 is 0 Å². The van der Waals surface area contributed by atoms with Gasteiger partial charge in [-0.05, 0) is 32.0 Å². The van der Waals surface area contributed by atoms with Crippen molar-refractivity contribution in [1.82, 2.24) is 20.6 Å². The number of rotatable bonds is 7. The summed E-state index contributed by atoms with van der Waals surface area (Å²) in [5, 5.41) is 6.20. The predicted molar refractivity (Wildman–Crippen MR) is 99.8 cm³/mol. The van der Waals surface area contributed by atoms with Crippen LogP contribution in [0.5, 0.6) is 0 Å². The van der Waals surface area contributed by atoms with Crippen molar-refractivity contribution >= 4 is 41.8 Å². The Bertz CT molecular complexity index is 615. The number of nitrogens with one attached hydrogen (secondary N) is 3. The minimum absolute atomic E-state index is 0. The number of amides is 1. The van der Waals surface area contributed by atoms with E-state index in [4.69, 9.17) is 0 Å². The molecule has 0 saturated carbocycles. The predicted octanol–water partition coefficient (Wildman–Crippen LogP) is 2.76. The molecule has 0 radical (unpaired) electrons. The van der Waals surface area contributed by atoms with Gasteiger partial charge in [0.15, 0.2) is 0 Å². The Balaban J connectivity index is 0.00000242. The Kier molecular flexibility index (Phi) is 9.88. The van der Waals surface area contributed by atoms with Crippen molar-refractivity contribution in [3.05, 3.63) is 29.6 Å². The van der Waals surface area contributed by atoms with Crippen molar-refractivity contribution in [2.24, 2.45) is 0 Å². The maximum absolute atomic E-state index is 11.8. The second-order valence-electron chi connectivity index (χ2n) is 5.42. The van der Waals surface area contributed by atoms with Crippen LogP contribution in [0.4, 0.5) is 0 Å². The molecule has 1 aromatic carbocycles. The van der Waals surface area contributed by atoms with Crippen molar-refractivity contribution in [3.8, 4) is 0 Å². The van der Waals surface area contributed by atoms with Gasteiger partial charge < -0.3 is 15.6 Å². The summed E-state index contributed by atoms with van der Waals surface area (Å²) < 4.78 is 0. The fourth-order valence-electron chi connectivity index (χ4n) is 2.35. The molecule has 1 amide bonds. The molecule has 0 aliphatic carbocycles. The summed E-state index contributed by atoms with van der Waals surface area (Å²) in [6.07, 6.45) is 1.09. The molecule has 2 aromatic rings. The van der Waals surface area contributed by atoms with E-state index in [1.807, 2.05) is 25.1 Å². The average Bonchev–Trinajstić information content (AvgIpc) is 2.88. The lowest BCUT2D eigenvalue weighted by Gasteiger charge is -2.12. The highest BCUT2D eigenvalue weighted by Gasteiger charge is 2.08. The molecule has 0 aliphatic rings. The number of hydrogen-bond acceptors (Lipinski definition) is 3. The van der Waals surface area contributed by atoms with Gasteiger partial charge in [0.2, 0.25) is 5.91 Å². The van der Waals surface area contributed by atoms with Crippen LogP contribution in [0.25, 0.3) is 11.0 Å². The molecular weight excluding hydrogens is 335 g/mol. The highest BCUT2D eigenvalue weighted by molar-refractivity contribution is 5.85. The number of nitrogens with zero attached hydrogens (tertiary/aromatic N) is 1. The van der Waals surface area contributed by atoms with Crippen LogP contribution in [0.1, 0.15) is 31.7 Å². The molecular formula is C16H26Cl2N4O. The third-order valence-corrected chi connectivity index (χ3v) is 3.51. The number of imidazole rings is 1. The lowest BCUT2D eigenvalue weighted by molar-refractivity contribution is -0.121. The van der Waals surface area contributed by atoms with E-state index in [9.17, 15) is 4.79 Å². The van der Waals surface area contributed by atoms with Crippen LogP contribution in [0.15, 0.2) is 18.2 Å². The molecule has 2 rings (SSSR count). The van der Waals surface area contributed by atoms with Crippen molar-refractivity contribution in [3.63, 3.8) is 0 Å². The van der Waals surface area contributed by atoms with Gasteiger partial charge in [0.25, 0.3) is 0 Å². The minimum atomic E-state index is 0. The molecule has 0 aliphatic heterocycles. The Morgan fingerprint density at radius 3 is 2.74 bits per heavy atom. The van der Waals surface area contributed by atoms with E-state index in [2.05, 4.69) is 34.4 Å². The SMILES string of the molecule is CCN[C@H](C)CNC(=O)CCc1nc2c(C)cccc2[nH]1.Cl.Cl. The van der Waals surface area contributed by atoms with E-state index in [1.165, 1.54) is 0 Å². The van der Waals surface area contributed by atoms with Gasteiger partial charge in [-0.3, -0.25) is 4.79 Å². The Morgan fingerprint density at radius 1 is 1.35 bits per heavy atom. The number of aromatic nitrogens is 2. The number of aryl methyl sites for hydroxylation is 2. The summed E-state index contributed by atoms with van der Waals surface area (Å²) in [4.78, 5) is 19.7. The van der Waals surface area contributed by atoms with Gasteiger partial charge in [0, 0.05) is 25.4 Å². The van der Waals surface area contributed by atoms with Crippen molar-refractivity contribution in [2.75, 3.05) is 13.1 Å². The number of fused-ring (bicyclic) bond motifs is 1. The number of carbonyl (C=O) groups is 1. The van der Waals surface area contributed by atoms with Gasteiger partial charge in [-0.1, -0.05) is 19.1 Å². The monoisotopic (exact) mass is 360 g/mol. The number of hydrogen-bond donors (Lipinski definition) is 3. The molecule has 1 atom stereocenters. The molecule has 23 heavy (non-hydrogen) atoms. The zero-order chi connectivity index (χ0) is 15.2. The number of H-pyrrole nitrogens is 1. The lowest BCUT2D eigenvalue weighted by Crippen LogP contribution is -2.38. The molecule has 0 spiro atoms. The molecule has 1 heterocycles. The molecule has 130 valence electrons. The van der Waals surface area contributed by atoms with E-state index in [-0.39, 0.29) is 30.7 Å². The van der Waals surface area contributed by atoms with Crippen LogP contribution < -0.4 is 10.6 Å². The van der Waals surface area contributed by atoms with E-state index in [0.29, 0.717) is 25.4 Å². The smallest absolute Gasteiger partial charge is 0.220 e. The summed E-state index contributed by atoms with van der Waals surface area (Å²) >= 11 is 0. The number of carbonyl (C=O) groups excluding carboxylic acids is 1. The van der Waals surface area contributed by atoms with E-state index in [1.54, 1.807) is 0 Å². The topological polar surface area (TPSA) is 69.8 Å². The summed E-state index contributed by atoms with van der Waals surface area (Å²) in [5.74, 6) is 0.936. The first-order valence-electron chi connectivity index (χ1n) is 7.54. The Morgan fingerprint density at radius 2 is 2.09 bits per heavy atom. The molecule has 0 unspecified atom stereocenters. The lowest BCUT2D eigenvalue weighted by atomic mass is 10.2. The summed E-state index contributed by atoms with van der Waals surface area (Å²) in [6.45, 7) is 7.73. The molecule has 0 saturated heterocycles. The van der Waals surface area contributed by atoms with E-state index in [0.717, 1.165) is 29.0 Å². The van der Waals surface area contributed by atoms with Crippen LogP contribution in [0, 0.1) is 6.92 Å². The third-order valence-electron chi connectivity index (χ3n) is 3.51. The van der Waals surface area contributed by atoms with Gasteiger partial charge in [0.1, 0.15) is 5.82 Å². The average molecular weight is 361 g/mol. The zero-order valence-corrected chi connectivity index (χ0v) is 15.4. The van der Waals surface area contributed by atoms with Gasteiger partial charge in [-0.2, -0.15) is 0 Å². The molecule has 7 heteroatoms. The van der Waals surface area contributed by atoms with Crippen LogP contribution in [-0.2, 0) is 11.2 Å². The molecule has 3 N–H and O–H groups in total. The molecule has 0 fully saturated rings. The van der Waals surface area contributed by atoms with Crippen LogP contribution >= 0.6 is 24.8 Å². The summed E-state index contributed by atoms with van der Waals surface area (Å²) in [5.41, 5.74) is 3.18. The minimum Gasteiger partial charge on any atom is -0.355 e. The van der Waals surface area contributed by atoms with E-state index >= 15 is 0 Å². The quantitative estimate of drug-likeness (QED) is 0.710. The number of para-hydroxylation sites is 1. The zero-order valence-electron chi connectivity index (χ0n) is 13.8. The summed E-state index contributed by atoms with van der Waals surface area (Å²) in [6, 6.07) is 6.36. The van der Waals surface area contributed by atoms with Crippen LogP contribution in [-0.4, -0.2) is 35.0 Å². The fraction of sp³-hybridized carbons (Fsp3) is 0.500. The number of aromatic amines is 1. The van der Waals surface area contributed by atoms with Gasteiger partial charge in [-0.25, -0.2) is 4.98 Å². The highest BCUT2D eigenvalue weighted by atomic mass is 35.5. The third kappa shape index (κ3) is 6.37. The number of benzene rings is 1. The fourth-order valence-corrected chi connectivity index (χ4v) is 2.35. The van der Waals surface area contributed by atoms with Gasteiger partial charge in [0.05, 0.1) is 11.0 Å². The Hall–Kier alpha value is -1.30. The highest BCUT2D eigenvalue weighted by Crippen LogP contribution is 2.15. The first-order valence-corrected chi connectivity index (χ1v) is 7.54. The molecule has 0 bridgehead atoms. The normalized spacial score (nSPS) is 11.4. The van der Waals surface area contributed by atoms with Crippen LogP contribution in [0.3, 0.4) is 0 Å². The van der Waals surface area contributed by atoms with Crippen molar-refractivity contribution < 1.29 is 4.79 Å². The number of likely N-dealkylation sites (N-methyl/N-ethyl adjacent to an activating group) is 1. The number of halogens is 2. The second kappa shape index (κ2) is 10.5. The van der Waals surface area contributed by atoms with Crippen molar-refractivity contribution in [2.45, 2.75) is 39.7 Å². The van der Waals surface area contributed by atoms with Gasteiger partial charge in [-0.15, -0.1) is 24.8 Å². The maximum atomic E-state index is 11.8. The first-order chi connectivity index (χ1) is 10.1. The standard InChI is InChI=1S/C16H24N4O.2ClH/c1-4-17-12(3)10-18-15(21)9-8-14-19-13-7-5-6-11(2)16(13)20-14;;/h5-7,12,17H,4,8-10H2,1-3H3,(H,18,21)(H,19,20);2*1H/t12-;;/m1../s1. The second-order valence-corrected chi connectivity index (χ2v) is 5.42. The molecule has 5 nitrogen and oxygen atoms in total. The maximum Gasteiger partial charge on any atom is 0.220 e.